The molecule has 0 radical (unpaired) electrons. The van der Waals surface area contributed by atoms with Gasteiger partial charge in [0, 0.05) is 0 Å². The smallest absolute Gasteiger partial charge is 0.350 e. The van der Waals surface area contributed by atoms with Crippen LogP contribution < -0.4 is 0 Å². The van der Waals surface area contributed by atoms with Gasteiger partial charge in [-0.3, -0.25) is 4.99 Å². The number of carbonyl (C=O) groups is 1. The van der Waals surface area contributed by atoms with E-state index in [0.717, 1.165) is 5.56 Å². The lowest BCUT2D eigenvalue weighted by molar-refractivity contribution is -0.129. The highest BCUT2D eigenvalue weighted by atomic mass is 16.4. The quantitative estimate of drug-likeness (QED) is 0.617. The van der Waals surface area contributed by atoms with Gasteiger partial charge in [-0.05, 0) is 12.5 Å². The maximum Gasteiger partial charge on any atom is 0.350 e. The Hall–Kier alpha value is -2.08. The third kappa shape index (κ3) is 3.97. The van der Waals surface area contributed by atoms with Crippen molar-refractivity contribution >= 4 is 11.7 Å². The van der Waals surface area contributed by atoms with Crippen molar-refractivity contribution in [2.24, 2.45) is 4.99 Å². The highest BCUT2D eigenvalue weighted by Crippen LogP contribution is 2.01. The maximum absolute atomic E-state index is 10.8. The molecule has 1 N–H and O–H groups in total. The molecule has 1 rings (SSSR count). The third-order valence-corrected chi connectivity index (χ3v) is 1.97. The molecule has 0 aliphatic rings. The zero-order chi connectivity index (χ0) is 11.8. The van der Waals surface area contributed by atoms with Crippen LogP contribution in [-0.4, -0.2) is 16.8 Å². The predicted octanol–water partition coefficient (Wildman–Crippen LogP) is 2.13. The molecule has 0 fully saturated rings. The van der Waals surface area contributed by atoms with Crippen LogP contribution in [0.5, 0.6) is 0 Å². The number of hydrogen-bond acceptors (Lipinski definition) is 2. The van der Waals surface area contributed by atoms with E-state index in [9.17, 15) is 4.79 Å². The first kappa shape index (κ1) is 12.0. The molecule has 0 amide bonds. The van der Waals surface area contributed by atoms with E-state index < -0.39 is 5.97 Å². The fourth-order valence-electron chi connectivity index (χ4n) is 1.14. The zero-order valence-corrected chi connectivity index (χ0v) is 9.10. The Morgan fingerprint density at radius 3 is 2.62 bits per heavy atom. The number of rotatable bonds is 4. The number of carboxylic acids is 1. The van der Waals surface area contributed by atoms with E-state index in [1.807, 2.05) is 30.3 Å². The fraction of sp³-hybridized carbons (Fsp3) is 0.231. The zero-order valence-electron chi connectivity index (χ0n) is 9.10. The molecule has 1 aromatic rings. The van der Waals surface area contributed by atoms with Crippen LogP contribution in [0, 0.1) is 11.8 Å². The molecule has 0 heterocycles. The van der Waals surface area contributed by atoms with Gasteiger partial charge in [0.2, 0.25) is 0 Å². The Morgan fingerprint density at radius 1 is 1.38 bits per heavy atom. The molecule has 0 bridgehead atoms. The van der Waals surface area contributed by atoms with Crippen LogP contribution in [0.2, 0.25) is 0 Å². The molecule has 0 atom stereocenters. The second-order valence-corrected chi connectivity index (χ2v) is 3.16. The molecule has 0 spiro atoms. The van der Waals surface area contributed by atoms with E-state index in [2.05, 4.69) is 16.8 Å². The largest absolute Gasteiger partial charge is 0.477 e. The average molecular weight is 215 g/mol. The van der Waals surface area contributed by atoms with Gasteiger partial charge in [-0.25, -0.2) is 4.79 Å². The monoisotopic (exact) mass is 215 g/mol. The van der Waals surface area contributed by atoms with Crippen molar-refractivity contribution in [3.05, 3.63) is 35.9 Å². The van der Waals surface area contributed by atoms with E-state index in [-0.39, 0.29) is 12.1 Å². The summed E-state index contributed by atoms with van der Waals surface area (Å²) in [5.74, 6) is 4.36. The highest BCUT2D eigenvalue weighted by Gasteiger charge is 2.06. The SMILES string of the molecule is CC#CC/C(=N/Cc1ccccc1)C(=O)O. The second-order valence-electron chi connectivity index (χ2n) is 3.16. The first-order valence-corrected chi connectivity index (χ1v) is 4.94. The van der Waals surface area contributed by atoms with Crippen LogP contribution in [0.25, 0.3) is 0 Å². The van der Waals surface area contributed by atoms with E-state index >= 15 is 0 Å². The van der Waals surface area contributed by atoms with Gasteiger partial charge in [0.1, 0.15) is 5.71 Å². The molecule has 82 valence electrons. The summed E-state index contributed by atoms with van der Waals surface area (Å²) in [4.78, 5) is 14.9. The number of carboxylic acid groups (broad SMARTS) is 1. The summed E-state index contributed by atoms with van der Waals surface area (Å²) in [6, 6.07) is 9.53. The van der Waals surface area contributed by atoms with E-state index in [1.165, 1.54) is 0 Å². The molecular weight excluding hydrogens is 202 g/mol. The number of aliphatic imine (C=N–C) groups is 1. The molecule has 0 unspecified atom stereocenters. The molecule has 0 saturated heterocycles. The van der Waals surface area contributed by atoms with Crippen molar-refractivity contribution < 1.29 is 9.90 Å². The lowest BCUT2D eigenvalue weighted by Crippen LogP contribution is -2.12. The number of aliphatic carboxylic acids is 1. The van der Waals surface area contributed by atoms with Gasteiger partial charge < -0.3 is 5.11 Å². The van der Waals surface area contributed by atoms with Gasteiger partial charge in [-0.15, -0.1) is 5.92 Å². The third-order valence-electron chi connectivity index (χ3n) is 1.97. The summed E-state index contributed by atoms with van der Waals surface area (Å²) in [6.45, 7) is 2.06. The van der Waals surface area contributed by atoms with Gasteiger partial charge >= 0.3 is 5.97 Å². The second kappa shape index (κ2) is 6.41. The molecule has 1 aromatic carbocycles. The summed E-state index contributed by atoms with van der Waals surface area (Å²) >= 11 is 0. The standard InChI is InChI=1S/C13H13NO2/c1-2-3-9-12(13(15)16)14-10-11-7-5-4-6-8-11/h4-8H,9-10H2,1H3,(H,15,16)/b14-12-. The summed E-state index contributed by atoms with van der Waals surface area (Å²) in [7, 11) is 0. The summed E-state index contributed by atoms with van der Waals surface area (Å²) in [5, 5.41) is 8.88. The minimum atomic E-state index is -1.00. The Bertz CT molecular complexity index is 438. The van der Waals surface area contributed by atoms with Crippen molar-refractivity contribution in [1.82, 2.24) is 0 Å². The van der Waals surface area contributed by atoms with Crippen molar-refractivity contribution in [3.63, 3.8) is 0 Å². The molecule has 0 aliphatic carbocycles. The van der Waals surface area contributed by atoms with Gasteiger partial charge in [-0.1, -0.05) is 36.3 Å². The van der Waals surface area contributed by atoms with Gasteiger partial charge in [0.05, 0.1) is 13.0 Å². The first-order valence-electron chi connectivity index (χ1n) is 4.94. The van der Waals surface area contributed by atoms with E-state index in [0.29, 0.717) is 6.54 Å². The summed E-state index contributed by atoms with van der Waals surface area (Å²) in [6.07, 6.45) is 0.193. The Kier molecular flexibility index (Phi) is 4.81. The van der Waals surface area contributed by atoms with Crippen LogP contribution in [0.15, 0.2) is 35.3 Å². The van der Waals surface area contributed by atoms with Crippen molar-refractivity contribution in [2.45, 2.75) is 19.9 Å². The topological polar surface area (TPSA) is 49.7 Å². The molecule has 3 heteroatoms. The average Bonchev–Trinajstić information content (AvgIpc) is 2.30. The molecule has 0 saturated carbocycles. The van der Waals surface area contributed by atoms with Gasteiger partial charge in [0.25, 0.3) is 0 Å². The molecular formula is C13H13NO2. The summed E-state index contributed by atoms with van der Waals surface area (Å²) < 4.78 is 0. The van der Waals surface area contributed by atoms with Crippen LogP contribution in [0.4, 0.5) is 0 Å². The van der Waals surface area contributed by atoms with Gasteiger partial charge in [-0.2, -0.15) is 0 Å². The van der Waals surface area contributed by atoms with E-state index in [4.69, 9.17) is 5.11 Å². The molecule has 16 heavy (non-hydrogen) atoms. The minimum absolute atomic E-state index is 0.109. The molecule has 3 nitrogen and oxygen atoms in total. The van der Waals surface area contributed by atoms with Crippen molar-refractivity contribution in [2.75, 3.05) is 0 Å². The first-order chi connectivity index (χ1) is 7.74. The minimum Gasteiger partial charge on any atom is -0.477 e. The van der Waals surface area contributed by atoms with E-state index in [1.54, 1.807) is 6.92 Å². The number of benzene rings is 1. The van der Waals surface area contributed by atoms with Crippen LogP contribution in [0.1, 0.15) is 18.9 Å². The maximum atomic E-state index is 10.8. The van der Waals surface area contributed by atoms with Crippen LogP contribution in [0.3, 0.4) is 0 Å². The Morgan fingerprint density at radius 2 is 2.06 bits per heavy atom. The number of hydrogen-bond donors (Lipinski definition) is 1. The normalized spacial score (nSPS) is 10.4. The van der Waals surface area contributed by atoms with Crippen molar-refractivity contribution in [3.8, 4) is 11.8 Å². The fourth-order valence-corrected chi connectivity index (χ4v) is 1.14. The lowest BCUT2D eigenvalue weighted by Gasteiger charge is -1.98. The lowest BCUT2D eigenvalue weighted by atomic mass is 10.2. The Labute approximate surface area is 94.8 Å². The molecule has 0 aromatic heterocycles. The van der Waals surface area contributed by atoms with Crippen LogP contribution in [-0.2, 0) is 11.3 Å². The van der Waals surface area contributed by atoms with Crippen LogP contribution >= 0.6 is 0 Å². The summed E-state index contributed by atoms with van der Waals surface area (Å²) in [5.41, 5.74) is 1.10. The van der Waals surface area contributed by atoms with Gasteiger partial charge in [0.15, 0.2) is 0 Å². The number of nitrogens with zero attached hydrogens (tertiary/aromatic N) is 1. The Balaban J connectivity index is 2.71. The molecule has 0 aliphatic heterocycles. The predicted molar refractivity (Wildman–Crippen MR) is 63.3 cm³/mol. The highest BCUT2D eigenvalue weighted by molar-refractivity contribution is 6.36. The van der Waals surface area contributed by atoms with Crippen molar-refractivity contribution in [1.29, 1.82) is 0 Å².